The maximum Gasteiger partial charge on any atom is 0.324 e. The lowest BCUT2D eigenvalue weighted by Crippen LogP contribution is -2.25. The predicted octanol–water partition coefficient (Wildman–Crippen LogP) is 2.38. The Morgan fingerprint density at radius 1 is 1.62 bits per heavy atom. The van der Waals surface area contributed by atoms with Crippen molar-refractivity contribution in [2.24, 2.45) is 5.92 Å². The molecule has 0 amide bonds. The topological polar surface area (TPSA) is 35.5 Å². The van der Waals surface area contributed by atoms with Crippen molar-refractivity contribution in [1.29, 1.82) is 0 Å². The highest BCUT2D eigenvalue weighted by atomic mass is 32.1. The highest BCUT2D eigenvalue weighted by molar-refractivity contribution is 7.81. The molecule has 0 N–H and O–H groups in total. The summed E-state index contributed by atoms with van der Waals surface area (Å²) >= 11 is 2.97. The van der Waals surface area contributed by atoms with Gasteiger partial charge in [0.2, 0.25) is 0 Å². The molecule has 1 aliphatic rings. The number of hydrogen-bond acceptors (Lipinski definition) is 4. The lowest BCUT2D eigenvalue weighted by molar-refractivity contribution is -0.153. The summed E-state index contributed by atoms with van der Waals surface area (Å²) in [6, 6.07) is 0. The van der Waals surface area contributed by atoms with E-state index in [1.807, 2.05) is 0 Å². The van der Waals surface area contributed by atoms with Gasteiger partial charge in [0.1, 0.15) is 11.7 Å². The molecular formula is C10H14F2O3S. The largest absolute Gasteiger partial charge is 0.498 e. The van der Waals surface area contributed by atoms with Crippen LogP contribution in [0.1, 0.15) is 19.3 Å². The molecule has 16 heavy (non-hydrogen) atoms. The lowest BCUT2D eigenvalue weighted by atomic mass is 10.0. The Hall–Kier alpha value is -0.780. The minimum atomic E-state index is -3.30. The van der Waals surface area contributed by atoms with E-state index >= 15 is 0 Å². The van der Waals surface area contributed by atoms with E-state index in [4.69, 9.17) is 4.74 Å². The van der Waals surface area contributed by atoms with Crippen molar-refractivity contribution in [3.8, 4) is 0 Å². The third kappa shape index (κ3) is 4.38. The van der Waals surface area contributed by atoms with Crippen LogP contribution in [0.2, 0.25) is 0 Å². The number of halogens is 2. The van der Waals surface area contributed by atoms with Crippen LogP contribution in [0.3, 0.4) is 0 Å². The van der Waals surface area contributed by atoms with Gasteiger partial charge in [0.25, 0.3) is 0 Å². The van der Waals surface area contributed by atoms with Crippen molar-refractivity contribution in [2.45, 2.75) is 24.5 Å². The number of rotatable bonds is 3. The number of carbonyl (C=O) groups excluding carboxylic acids is 1. The normalized spacial score (nSPS) is 22.2. The third-order valence-electron chi connectivity index (χ3n) is 2.24. The van der Waals surface area contributed by atoms with Gasteiger partial charge in [-0.1, -0.05) is 6.58 Å². The van der Waals surface area contributed by atoms with Gasteiger partial charge in [-0.25, -0.2) is 0 Å². The fraction of sp³-hybridized carbons (Fsp3) is 0.700. The van der Waals surface area contributed by atoms with Crippen LogP contribution in [0.15, 0.2) is 12.3 Å². The molecule has 6 heteroatoms. The molecule has 0 radical (unpaired) electrons. The first-order valence-corrected chi connectivity index (χ1v) is 5.43. The molecule has 3 nitrogen and oxygen atoms in total. The van der Waals surface area contributed by atoms with E-state index in [-0.39, 0.29) is 0 Å². The summed E-state index contributed by atoms with van der Waals surface area (Å²) in [6.07, 6.45) is 2.14. The Kier molecular flexibility index (Phi) is 4.58. The standard InChI is InChI=1S/C10H14F2O3S/c1-7-8(4-2-3-5-14-7)9(13)15-6-10(11,12)16/h8,16H,1-6H2. The van der Waals surface area contributed by atoms with Gasteiger partial charge in [-0.15, -0.1) is 12.6 Å². The van der Waals surface area contributed by atoms with Crippen LogP contribution in [0.25, 0.3) is 0 Å². The van der Waals surface area contributed by atoms with Crippen LogP contribution < -0.4 is 0 Å². The summed E-state index contributed by atoms with van der Waals surface area (Å²) in [6.45, 7) is 3.07. The molecule has 1 fully saturated rings. The number of esters is 1. The number of ether oxygens (including phenoxy) is 2. The first-order chi connectivity index (χ1) is 7.40. The van der Waals surface area contributed by atoms with E-state index in [1.165, 1.54) is 0 Å². The molecule has 0 saturated carbocycles. The zero-order chi connectivity index (χ0) is 12.2. The summed E-state index contributed by atoms with van der Waals surface area (Å²) in [4.78, 5) is 11.5. The highest BCUT2D eigenvalue weighted by Gasteiger charge is 2.30. The Morgan fingerprint density at radius 2 is 2.31 bits per heavy atom. The molecule has 0 aromatic carbocycles. The molecule has 0 aromatic heterocycles. The molecule has 0 aliphatic carbocycles. The molecule has 1 heterocycles. The van der Waals surface area contributed by atoms with Crippen LogP contribution in [0.4, 0.5) is 8.78 Å². The van der Waals surface area contributed by atoms with Crippen molar-refractivity contribution in [3.05, 3.63) is 12.3 Å². The molecule has 1 atom stereocenters. The SMILES string of the molecule is C=C1OCCCCC1C(=O)OCC(F)(F)S. The van der Waals surface area contributed by atoms with Gasteiger partial charge < -0.3 is 9.47 Å². The second kappa shape index (κ2) is 5.52. The summed E-state index contributed by atoms with van der Waals surface area (Å²) in [5, 5.41) is -3.30. The van der Waals surface area contributed by atoms with Crippen molar-refractivity contribution >= 4 is 18.6 Å². The van der Waals surface area contributed by atoms with Crippen molar-refractivity contribution in [2.75, 3.05) is 13.2 Å². The summed E-state index contributed by atoms with van der Waals surface area (Å²) in [5.74, 6) is -1.07. The van der Waals surface area contributed by atoms with Gasteiger partial charge in [-0.05, 0) is 19.3 Å². The maximum absolute atomic E-state index is 12.4. The van der Waals surface area contributed by atoms with Crippen molar-refractivity contribution in [3.63, 3.8) is 0 Å². The number of alkyl halides is 2. The van der Waals surface area contributed by atoms with Crippen molar-refractivity contribution < 1.29 is 23.0 Å². The molecule has 1 saturated heterocycles. The molecule has 0 aromatic rings. The van der Waals surface area contributed by atoms with Crippen LogP contribution in [0.5, 0.6) is 0 Å². The molecule has 1 rings (SSSR count). The van der Waals surface area contributed by atoms with Crippen LogP contribution in [-0.2, 0) is 14.3 Å². The van der Waals surface area contributed by atoms with E-state index in [0.29, 0.717) is 18.8 Å². The number of carbonyl (C=O) groups is 1. The van der Waals surface area contributed by atoms with E-state index in [1.54, 1.807) is 0 Å². The summed E-state index contributed by atoms with van der Waals surface area (Å²) in [5.41, 5.74) is 0. The molecule has 92 valence electrons. The first-order valence-electron chi connectivity index (χ1n) is 4.98. The minimum Gasteiger partial charge on any atom is -0.498 e. The second-order valence-electron chi connectivity index (χ2n) is 3.64. The van der Waals surface area contributed by atoms with E-state index < -0.39 is 23.7 Å². The average Bonchev–Trinajstić information content (AvgIpc) is 2.38. The molecule has 0 spiro atoms. The van der Waals surface area contributed by atoms with Crippen LogP contribution >= 0.6 is 12.6 Å². The van der Waals surface area contributed by atoms with Gasteiger partial charge in [0.15, 0.2) is 6.61 Å². The Labute approximate surface area is 98.2 Å². The zero-order valence-electron chi connectivity index (χ0n) is 8.75. The number of thiol groups is 1. The highest BCUT2D eigenvalue weighted by Crippen LogP contribution is 2.25. The van der Waals surface area contributed by atoms with E-state index in [0.717, 1.165) is 12.8 Å². The van der Waals surface area contributed by atoms with Crippen LogP contribution in [-0.4, -0.2) is 24.4 Å². The van der Waals surface area contributed by atoms with Gasteiger partial charge in [-0.3, -0.25) is 4.79 Å². The molecule has 0 bridgehead atoms. The summed E-state index contributed by atoms with van der Waals surface area (Å²) < 4.78 is 34.4. The second-order valence-corrected chi connectivity index (χ2v) is 4.29. The van der Waals surface area contributed by atoms with E-state index in [9.17, 15) is 13.6 Å². The monoisotopic (exact) mass is 252 g/mol. The predicted molar refractivity (Wildman–Crippen MR) is 57.3 cm³/mol. The maximum atomic E-state index is 12.4. The van der Waals surface area contributed by atoms with Gasteiger partial charge in [0, 0.05) is 0 Å². The summed E-state index contributed by atoms with van der Waals surface area (Å²) in [7, 11) is 0. The molecular weight excluding hydrogens is 238 g/mol. The lowest BCUT2D eigenvalue weighted by Gasteiger charge is -2.16. The third-order valence-corrected chi connectivity index (χ3v) is 2.36. The fourth-order valence-electron chi connectivity index (χ4n) is 1.42. The molecule has 1 unspecified atom stereocenters. The zero-order valence-corrected chi connectivity index (χ0v) is 9.64. The fourth-order valence-corrected chi connectivity index (χ4v) is 1.49. The van der Waals surface area contributed by atoms with Gasteiger partial charge in [-0.2, -0.15) is 8.78 Å². The minimum absolute atomic E-state index is 0.296. The van der Waals surface area contributed by atoms with Crippen molar-refractivity contribution in [1.82, 2.24) is 0 Å². The van der Waals surface area contributed by atoms with Crippen LogP contribution in [0, 0.1) is 5.92 Å². The molecule has 1 aliphatic heterocycles. The Bertz CT molecular complexity index is 276. The van der Waals surface area contributed by atoms with E-state index in [2.05, 4.69) is 23.9 Å². The van der Waals surface area contributed by atoms with Gasteiger partial charge >= 0.3 is 11.2 Å². The Balaban J connectivity index is 2.48. The number of hydrogen-bond donors (Lipinski definition) is 1. The average molecular weight is 252 g/mol. The smallest absolute Gasteiger partial charge is 0.324 e. The first kappa shape index (κ1) is 13.3. The Morgan fingerprint density at radius 3 is 2.94 bits per heavy atom. The quantitative estimate of drug-likeness (QED) is 0.618. The van der Waals surface area contributed by atoms with Gasteiger partial charge in [0.05, 0.1) is 6.61 Å².